The molecule has 0 radical (unpaired) electrons. The number of aromatic nitrogens is 1. The number of ether oxygens (including phenoxy) is 1. The summed E-state index contributed by atoms with van der Waals surface area (Å²) in [6, 6.07) is 11.0. The molecule has 0 unspecified atom stereocenters. The number of anilines is 2. The standard InChI is InChI=1S/C21H21N3O3S/c1-12-9-13(2)18-17(10-12)28-21(23-18)24-19(25)14-5-3-6-15(11-14)22-20(26)16-7-4-8-27-16/h3,5-6,9-11,16H,4,7-8H2,1-2H3,(H,22,26)(H,23,24,25)/t16-/m1/s1. The van der Waals surface area contributed by atoms with Crippen LogP contribution in [0, 0.1) is 13.8 Å². The fraction of sp³-hybridized carbons (Fsp3) is 0.286. The zero-order valence-corrected chi connectivity index (χ0v) is 16.6. The molecule has 4 rings (SSSR count). The highest BCUT2D eigenvalue weighted by atomic mass is 32.1. The molecule has 0 bridgehead atoms. The zero-order valence-electron chi connectivity index (χ0n) is 15.7. The van der Waals surface area contributed by atoms with Gasteiger partial charge in [-0.25, -0.2) is 4.98 Å². The third kappa shape index (κ3) is 3.90. The number of fused-ring (bicyclic) bond motifs is 1. The fourth-order valence-corrected chi connectivity index (χ4v) is 4.38. The van der Waals surface area contributed by atoms with E-state index in [1.54, 1.807) is 24.3 Å². The van der Waals surface area contributed by atoms with Crippen LogP contribution >= 0.6 is 11.3 Å². The van der Waals surface area contributed by atoms with Crippen molar-refractivity contribution < 1.29 is 14.3 Å². The monoisotopic (exact) mass is 395 g/mol. The van der Waals surface area contributed by atoms with Gasteiger partial charge in [0, 0.05) is 17.9 Å². The second-order valence-electron chi connectivity index (χ2n) is 6.97. The minimum atomic E-state index is -0.410. The van der Waals surface area contributed by atoms with Gasteiger partial charge in [0.15, 0.2) is 5.13 Å². The van der Waals surface area contributed by atoms with E-state index in [2.05, 4.69) is 27.8 Å². The van der Waals surface area contributed by atoms with Crippen LogP contribution in [0.15, 0.2) is 36.4 Å². The summed E-state index contributed by atoms with van der Waals surface area (Å²) in [6.45, 7) is 4.67. The van der Waals surface area contributed by atoms with Crippen LogP contribution in [0.5, 0.6) is 0 Å². The van der Waals surface area contributed by atoms with Crippen LogP contribution in [0.1, 0.15) is 34.3 Å². The number of amides is 2. The van der Waals surface area contributed by atoms with Crippen molar-refractivity contribution in [1.29, 1.82) is 0 Å². The Morgan fingerprint density at radius 3 is 2.82 bits per heavy atom. The summed E-state index contributed by atoms with van der Waals surface area (Å²) in [6.07, 6.45) is 1.21. The molecule has 7 heteroatoms. The van der Waals surface area contributed by atoms with E-state index in [1.807, 2.05) is 13.8 Å². The van der Waals surface area contributed by atoms with Gasteiger partial charge < -0.3 is 10.1 Å². The molecule has 1 aromatic heterocycles. The number of benzene rings is 2. The number of carbonyl (C=O) groups excluding carboxylic acids is 2. The van der Waals surface area contributed by atoms with Crippen molar-refractivity contribution in [3.63, 3.8) is 0 Å². The third-order valence-electron chi connectivity index (χ3n) is 4.66. The fourth-order valence-electron chi connectivity index (χ4n) is 3.34. The Hall–Kier alpha value is -2.77. The Labute approximate surface area is 166 Å². The Bertz CT molecular complexity index is 1050. The highest BCUT2D eigenvalue weighted by Crippen LogP contribution is 2.29. The molecule has 1 aliphatic rings. The van der Waals surface area contributed by atoms with Gasteiger partial charge in [0.1, 0.15) is 6.10 Å². The first-order chi connectivity index (χ1) is 13.5. The van der Waals surface area contributed by atoms with Crippen molar-refractivity contribution >= 4 is 44.2 Å². The van der Waals surface area contributed by atoms with Gasteiger partial charge in [-0.05, 0) is 62.1 Å². The van der Waals surface area contributed by atoms with Crippen molar-refractivity contribution in [2.45, 2.75) is 32.8 Å². The minimum absolute atomic E-state index is 0.174. The lowest BCUT2D eigenvalue weighted by Gasteiger charge is -2.11. The van der Waals surface area contributed by atoms with Crippen LogP contribution in [0.4, 0.5) is 10.8 Å². The predicted octanol–water partition coefficient (Wildman–Crippen LogP) is 4.28. The highest BCUT2D eigenvalue weighted by molar-refractivity contribution is 7.22. The first-order valence-electron chi connectivity index (χ1n) is 9.21. The zero-order chi connectivity index (χ0) is 19.7. The van der Waals surface area contributed by atoms with E-state index < -0.39 is 6.10 Å². The van der Waals surface area contributed by atoms with Gasteiger partial charge >= 0.3 is 0 Å². The average molecular weight is 395 g/mol. The lowest BCUT2D eigenvalue weighted by atomic mass is 10.1. The summed E-state index contributed by atoms with van der Waals surface area (Å²) in [7, 11) is 0. The molecule has 3 aromatic rings. The maximum atomic E-state index is 12.7. The largest absolute Gasteiger partial charge is 0.368 e. The average Bonchev–Trinajstić information content (AvgIpc) is 3.31. The number of carbonyl (C=O) groups is 2. The van der Waals surface area contributed by atoms with Crippen molar-refractivity contribution in [3.8, 4) is 0 Å². The molecule has 1 atom stereocenters. The third-order valence-corrected chi connectivity index (χ3v) is 5.58. The lowest BCUT2D eigenvalue weighted by Crippen LogP contribution is -2.27. The SMILES string of the molecule is Cc1cc(C)c2nc(NC(=O)c3cccc(NC(=O)[C@H]4CCCO4)c3)sc2c1. The molecular weight excluding hydrogens is 374 g/mol. The van der Waals surface area contributed by atoms with Gasteiger partial charge in [-0.3, -0.25) is 14.9 Å². The van der Waals surface area contributed by atoms with E-state index in [0.717, 1.165) is 28.6 Å². The topological polar surface area (TPSA) is 80.3 Å². The van der Waals surface area contributed by atoms with Gasteiger partial charge in [0.25, 0.3) is 11.8 Å². The molecule has 0 aliphatic carbocycles. The van der Waals surface area contributed by atoms with Crippen molar-refractivity contribution in [1.82, 2.24) is 4.98 Å². The van der Waals surface area contributed by atoms with Gasteiger partial charge in [-0.2, -0.15) is 0 Å². The molecule has 2 aromatic carbocycles. The number of aryl methyl sites for hydroxylation is 2. The first kappa shape index (κ1) is 18.6. The van der Waals surface area contributed by atoms with Crippen LogP contribution < -0.4 is 10.6 Å². The Balaban J connectivity index is 1.49. The van der Waals surface area contributed by atoms with E-state index in [0.29, 0.717) is 23.0 Å². The molecule has 1 aliphatic heterocycles. The summed E-state index contributed by atoms with van der Waals surface area (Å²) < 4.78 is 6.44. The van der Waals surface area contributed by atoms with E-state index in [9.17, 15) is 9.59 Å². The number of rotatable bonds is 4. The van der Waals surface area contributed by atoms with Gasteiger partial charge in [0.2, 0.25) is 0 Å². The molecule has 6 nitrogen and oxygen atoms in total. The maximum absolute atomic E-state index is 12.7. The second-order valence-corrected chi connectivity index (χ2v) is 8.00. The van der Waals surface area contributed by atoms with E-state index >= 15 is 0 Å². The summed E-state index contributed by atoms with van der Waals surface area (Å²) in [4.78, 5) is 29.4. The Kier molecular flexibility index (Phi) is 5.11. The molecule has 2 amide bonds. The van der Waals surface area contributed by atoms with E-state index in [4.69, 9.17) is 4.74 Å². The van der Waals surface area contributed by atoms with Crippen LogP contribution in [0.25, 0.3) is 10.2 Å². The lowest BCUT2D eigenvalue weighted by molar-refractivity contribution is -0.124. The summed E-state index contributed by atoms with van der Waals surface area (Å²) in [5.74, 6) is -0.436. The molecule has 0 spiro atoms. The molecule has 2 N–H and O–H groups in total. The molecule has 1 saturated heterocycles. The summed E-state index contributed by atoms with van der Waals surface area (Å²) in [5.41, 5.74) is 4.19. The molecule has 1 fully saturated rings. The molecule has 144 valence electrons. The van der Waals surface area contributed by atoms with Gasteiger partial charge in [0.05, 0.1) is 10.2 Å². The summed E-state index contributed by atoms with van der Waals surface area (Å²) in [5, 5.41) is 6.24. The highest BCUT2D eigenvalue weighted by Gasteiger charge is 2.23. The number of nitrogens with one attached hydrogen (secondary N) is 2. The quantitative estimate of drug-likeness (QED) is 0.691. The van der Waals surface area contributed by atoms with Crippen molar-refractivity contribution in [3.05, 3.63) is 53.1 Å². The first-order valence-corrected chi connectivity index (χ1v) is 10.0. The smallest absolute Gasteiger partial charge is 0.257 e. The normalized spacial score (nSPS) is 16.3. The van der Waals surface area contributed by atoms with Crippen LogP contribution in [0.3, 0.4) is 0 Å². The Morgan fingerprint density at radius 2 is 2.04 bits per heavy atom. The second kappa shape index (κ2) is 7.69. The van der Waals surface area contributed by atoms with Gasteiger partial charge in [-0.1, -0.05) is 23.5 Å². The summed E-state index contributed by atoms with van der Waals surface area (Å²) >= 11 is 1.45. The molecule has 28 heavy (non-hydrogen) atoms. The van der Waals surface area contributed by atoms with Crippen LogP contribution in [-0.4, -0.2) is 29.5 Å². The Morgan fingerprint density at radius 1 is 1.18 bits per heavy atom. The number of hydrogen-bond donors (Lipinski definition) is 2. The van der Waals surface area contributed by atoms with E-state index in [-0.39, 0.29) is 11.8 Å². The van der Waals surface area contributed by atoms with Crippen LogP contribution in [0.2, 0.25) is 0 Å². The van der Waals surface area contributed by atoms with E-state index in [1.165, 1.54) is 16.9 Å². The van der Waals surface area contributed by atoms with Crippen molar-refractivity contribution in [2.75, 3.05) is 17.2 Å². The number of hydrogen-bond acceptors (Lipinski definition) is 5. The predicted molar refractivity (Wildman–Crippen MR) is 111 cm³/mol. The molecule has 2 heterocycles. The van der Waals surface area contributed by atoms with Crippen molar-refractivity contribution in [2.24, 2.45) is 0 Å². The number of nitrogens with zero attached hydrogens (tertiary/aromatic N) is 1. The minimum Gasteiger partial charge on any atom is -0.368 e. The van der Waals surface area contributed by atoms with Crippen LogP contribution in [-0.2, 0) is 9.53 Å². The number of thiazole rings is 1. The molecular formula is C21H21N3O3S. The molecule has 0 saturated carbocycles. The van der Waals surface area contributed by atoms with Gasteiger partial charge in [-0.15, -0.1) is 0 Å². The maximum Gasteiger partial charge on any atom is 0.257 e.